The van der Waals surface area contributed by atoms with Crippen LogP contribution in [0.1, 0.15) is 56.4 Å². The Bertz CT molecular complexity index is 511. The van der Waals surface area contributed by atoms with E-state index >= 15 is 0 Å². The summed E-state index contributed by atoms with van der Waals surface area (Å²) in [5.41, 5.74) is 6.57. The average molecular weight is 418 g/mol. The molecule has 0 fully saturated rings. The zero-order chi connectivity index (χ0) is 12.9. The van der Waals surface area contributed by atoms with Gasteiger partial charge in [-0.25, -0.2) is 0 Å². The van der Waals surface area contributed by atoms with E-state index in [4.69, 9.17) is 0 Å². The van der Waals surface area contributed by atoms with Crippen molar-refractivity contribution < 1.29 is 25.8 Å². The van der Waals surface area contributed by atoms with Gasteiger partial charge in [0.2, 0.25) is 0 Å². The summed E-state index contributed by atoms with van der Waals surface area (Å²) < 4.78 is 0. The van der Waals surface area contributed by atoms with E-state index in [1.54, 1.807) is 17.0 Å². The Morgan fingerprint density at radius 2 is 1.74 bits per heavy atom. The van der Waals surface area contributed by atoms with Gasteiger partial charge >= 0.3 is 0 Å². The van der Waals surface area contributed by atoms with Crippen LogP contribution in [0.4, 0.5) is 0 Å². The maximum atomic E-state index is 2.47. The Balaban J connectivity index is 0.00000133. The fourth-order valence-corrected chi connectivity index (χ4v) is 3.44. The fourth-order valence-electron chi connectivity index (χ4n) is 3.44. The molecule has 0 amide bonds. The van der Waals surface area contributed by atoms with Crippen molar-refractivity contribution in [2.24, 2.45) is 11.3 Å². The van der Waals surface area contributed by atoms with E-state index in [-0.39, 0.29) is 25.8 Å². The molecule has 0 aliphatic heterocycles. The maximum absolute atomic E-state index is 2.47. The van der Waals surface area contributed by atoms with E-state index in [0.717, 1.165) is 0 Å². The predicted molar refractivity (Wildman–Crippen MR) is 78.5 cm³/mol. The molecule has 0 spiro atoms. The molecule has 0 aromatic heterocycles. The molecular weight excluding hydrogens is 395 g/mol. The first kappa shape index (κ1) is 15.2. The van der Waals surface area contributed by atoms with Gasteiger partial charge in [-0.15, -0.1) is 0 Å². The van der Waals surface area contributed by atoms with Crippen LogP contribution >= 0.6 is 0 Å². The van der Waals surface area contributed by atoms with Crippen molar-refractivity contribution in [1.29, 1.82) is 0 Å². The third-order valence-electron chi connectivity index (χ3n) is 4.61. The monoisotopic (exact) mass is 419 g/mol. The number of hydrogen-bond donors (Lipinski definition) is 0. The largest absolute Gasteiger partial charge is 0.0718 e. The van der Waals surface area contributed by atoms with Crippen LogP contribution < -0.4 is 0 Å². The van der Waals surface area contributed by atoms with Gasteiger partial charge in [-0.3, -0.25) is 0 Å². The molecule has 1 atom stereocenters. The second kappa shape index (κ2) is 5.31. The summed E-state index contributed by atoms with van der Waals surface area (Å²) >= 11 is 0. The summed E-state index contributed by atoms with van der Waals surface area (Å²) in [5, 5.41) is 0. The Morgan fingerprint density at radius 3 is 2.37 bits per heavy atom. The van der Waals surface area contributed by atoms with Crippen molar-refractivity contribution in [3.8, 4) is 0 Å². The molecule has 2 aliphatic carbocycles. The summed E-state index contributed by atoms with van der Waals surface area (Å²) in [6, 6.07) is 4.91. The quantitative estimate of drug-likeness (QED) is 0.606. The van der Waals surface area contributed by atoms with Gasteiger partial charge in [0.25, 0.3) is 0 Å². The minimum absolute atomic E-state index is 0. The van der Waals surface area contributed by atoms with Gasteiger partial charge in [-0.2, -0.15) is 0 Å². The Morgan fingerprint density at radius 1 is 1.11 bits per heavy atom. The predicted octanol–water partition coefficient (Wildman–Crippen LogP) is 4.80. The summed E-state index contributed by atoms with van der Waals surface area (Å²) in [6.07, 6.45) is 8.34. The van der Waals surface area contributed by atoms with Gasteiger partial charge in [-0.1, -0.05) is 58.4 Å². The summed E-state index contributed by atoms with van der Waals surface area (Å²) in [6.45, 7) is 9.38. The minimum atomic E-state index is 0. The summed E-state index contributed by atoms with van der Waals surface area (Å²) in [5.74, 6) is 2.22. The molecule has 0 bridgehead atoms. The van der Waals surface area contributed by atoms with Crippen molar-refractivity contribution in [3.05, 3.63) is 46.4 Å². The van der Waals surface area contributed by atoms with Crippen LogP contribution in [0, 0.1) is 17.3 Å². The zero-order valence-electron chi connectivity index (χ0n) is 12.5. The number of hydrogen-bond acceptors (Lipinski definition) is 0. The molecule has 0 saturated heterocycles. The van der Waals surface area contributed by atoms with Crippen LogP contribution in [0.3, 0.4) is 0 Å². The van der Waals surface area contributed by atoms with E-state index in [1.807, 2.05) is 0 Å². The molecule has 2 aliphatic rings. The third-order valence-corrected chi connectivity index (χ3v) is 4.61. The van der Waals surface area contributed by atoms with Gasteiger partial charge in [0, 0.05) is 31.8 Å². The zero-order valence-corrected chi connectivity index (χ0v) is 16.1. The van der Waals surface area contributed by atoms with E-state index in [0.29, 0.717) is 11.3 Å². The second-order valence-corrected chi connectivity index (χ2v) is 6.82. The molecule has 0 N–H and O–H groups in total. The second-order valence-electron chi connectivity index (χ2n) is 6.82. The third kappa shape index (κ3) is 2.68. The number of benzene rings is 1. The summed E-state index contributed by atoms with van der Waals surface area (Å²) in [4.78, 5) is 0. The smallest absolute Gasteiger partial charge is 0.0301 e. The first-order valence-electron chi connectivity index (χ1n) is 7.21. The van der Waals surface area contributed by atoms with E-state index in [2.05, 4.69) is 52.0 Å². The number of rotatable bonds is 2. The molecule has 1 aromatic carbocycles. The van der Waals surface area contributed by atoms with Gasteiger partial charge in [0.05, 0.1) is 0 Å². The first-order chi connectivity index (χ1) is 8.50. The molecule has 99 valence electrons. The van der Waals surface area contributed by atoms with Crippen LogP contribution in [0.2, 0.25) is 0 Å². The van der Waals surface area contributed by atoms with E-state index < -0.39 is 0 Å². The molecule has 1 radical (unpaired) electrons. The van der Waals surface area contributed by atoms with Crippen LogP contribution in [0.15, 0.2) is 18.2 Å². The van der Waals surface area contributed by atoms with Crippen molar-refractivity contribution in [2.45, 2.75) is 47.0 Å². The Labute approximate surface area is 136 Å². The van der Waals surface area contributed by atoms with Crippen LogP contribution in [0.5, 0.6) is 0 Å². The van der Waals surface area contributed by atoms with E-state index in [9.17, 15) is 0 Å². The molecule has 0 nitrogen and oxygen atoms in total. The molecule has 1 aromatic rings. The SMILES string of the molecule is CCC(C)[C]1C=Cc2cc3c(cc21)CC(C)(C)C3.[Hf]. The normalized spacial score (nSPS) is 20.8. The maximum Gasteiger partial charge on any atom is 0.0301 e. The molecule has 19 heavy (non-hydrogen) atoms. The molecule has 3 rings (SSSR count). The molecular formula is C18H23Hf. The minimum Gasteiger partial charge on any atom is -0.0718 e. The number of fused-ring (bicyclic) bond motifs is 2. The van der Waals surface area contributed by atoms with Gasteiger partial charge in [0.1, 0.15) is 0 Å². The Kier molecular flexibility index (Phi) is 4.26. The topological polar surface area (TPSA) is 0 Å². The standard InChI is InChI=1S/C18H23.Hf/c1-5-12(2)16-7-6-13-8-14-10-18(3,4)11-15(14)9-17(13)16;/h6-9,12H,5,10-11H2,1-4H3;. The Hall–Kier alpha value is -0.170. The van der Waals surface area contributed by atoms with Crippen molar-refractivity contribution in [1.82, 2.24) is 0 Å². The number of allylic oxidation sites excluding steroid dienone is 1. The van der Waals surface area contributed by atoms with E-state index in [1.165, 1.54) is 30.4 Å². The fraction of sp³-hybridized carbons (Fsp3) is 0.500. The van der Waals surface area contributed by atoms with Gasteiger partial charge < -0.3 is 0 Å². The van der Waals surface area contributed by atoms with Crippen LogP contribution in [0.25, 0.3) is 6.08 Å². The first-order valence-corrected chi connectivity index (χ1v) is 7.21. The molecule has 1 unspecified atom stereocenters. The van der Waals surface area contributed by atoms with Crippen molar-refractivity contribution >= 4 is 6.08 Å². The van der Waals surface area contributed by atoms with Crippen LogP contribution in [-0.2, 0) is 38.7 Å². The average Bonchev–Trinajstić information content (AvgIpc) is 2.82. The van der Waals surface area contributed by atoms with Crippen LogP contribution in [-0.4, -0.2) is 0 Å². The summed E-state index contributed by atoms with van der Waals surface area (Å²) in [7, 11) is 0. The van der Waals surface area contributed by atoms with Gasteiger partial charge in [0.15, 0.2) is 0 Å². The molecule has 1 heteroatoms. The molecule has 0 saturated carbocycles. The van der Waals surface area contributed by atoms with Crippen molar-refractivity contribution in [3.63, 3.8) is 0 Å². The molecule has 0 heterocycles. The van der Waals surface area contributed by atoms with Gasteiger partial charge in [-0.05, 0) is 46.4 Å². The van der Waals surface area contributed by atoms with Crippen molar-refractivity contribution in [2.75, 3.05) is 0 Å².